The van der Waals surface area contributed by atoms with Crippen LogP contribution in [0.2, 0.25) is 5.02 Å². The summed E-state index contributed by atoms with van der Waals surface area (Å²) in [5.74, 6) is 0.783. The van der Waals surface area contributed by atoms with Gasteiger partial charge in [-0.3, -0.25) is 4.98 Å². The molecule has 0 aliphatic carbocycles. The van der Waals surface area contributed by atoms with Crippen LogP contribution in [0.3, 0.4) is 0 Å². The van der Waals surface area contributed by atoms with Gasteiger partial charge in [0.1, 0.15) is 5.82 Å². The smallest absolute Gasteiger partial charge is 0.145 e. The van der Waals surface area contributed by atoms with Gasteiger partial charge in [0.05, 0.1) is 23.6 Å². The van der Waals surface area contributed by atoms with Crippen molar-refractivity contribution in [2.75, 3.05) is 11.9 Å². The Morgan fingerprint density at radius 3 is 3.05 bits per heavy atom. The number of hydrogen-bond donors (Lipinski definition) is 1. The van der Waals surface area contributed by atoms with Crippen molar-refractivity contribution in [3.8, 4) is 0 Å². The van der Waals surface area contributed by atoms with Crippen LogP contribution in [-0.2, 0) is 6.54 Å². The van der Waals surface area contributed by atoms with E-state index in [4.69, 9.17) is 11.6 Å². The fourth-order valence-electron chi connectivity index (χ4n) is 1.97. The number of imidazole rings is 1. The fraction of sp³-hybridized carbons (Fsp3) is 0.214. The Labute approximate surface area is 121 Å². The van der Waals surface area contributed by atoms with Gasteiger partial charge in [-0.05, 0) is 24.6 Å². The van der Waals surface area contributed by atoms with Gasteiger partial charge in [-0.2, -0.15) is 0 Å². The summed E-state index contributed by atoms with van der Waals surface area (Å²) in [6, 6.07) is 5.51. The van der Waals surface area contributed by atoms with Crippen molar-refractivity contribution in [2.45, 2.75) is 13.0 Å². The number of rotatable bonds is 5. The van der Waals surface area contributed by atoms with Crippen LogP contribution in [0, 0.1) is 0 Å². The number of benzene rings is 1. The quantitative estimate of drug-likeness (QED) is 0.733. The van der Waals surface area contributed by atoms with Gasteiger partial charge in [0.15, 0.2) is 0 Å². The number of halogens is 1. The van der Waals surface area contributed by atoms with Gasteiger partial charge >= 0.3 is 0 Å². The first kappa shape index (κ1) is 12.9. The van der Waals surface area contributed by atoms with Crippen LogP contribution in [0.25, 0.3) is 11.0 Å². The van der Waals surface area contributed by atoms with Crippen LogP contribution < -0.4 is 5.32 Å². The molecule has 0 amide bonds. The third-order valence-corrected chi connectivity index (χ3v) is 3.20. The molecule has 0 bridgehead atoms. The highest BCUT2D eigenvalue weighted by atomic mass is 35.5. The van der Waals surface area contributed by atoms with Gasteiger partial charge in [-0.25, -0.2) is 9.97 Å². The molecule has 0 unspecified atom stereocenters. The van der Waals surface area contributed by atoms with E-state index >= 15 is 0 Å². The average molecular weight is 288 g/mol. The molecule has 0 fully saturated rings. The molecule has 102 valence electrons. The van der Waals surface area contributed by atoms with Crippen LogP contribution in [0.4, 0.5) is 5.82 Å². The molecule has 6 heteroatoms. The first-order valence-electron chi connectivity index (χ1n) is 6.43. The lowest BCUT2D eigenvalue weighted by Gasteiger charge is -2.06. The van der Waals surface area contributed by atoms with Crippen LogP contribution >= 0.6 is 11.6 Å². The van der Waals surface area contributed by atoms with Crippen molar-refractivity contribution in [2.24, 2.45) is 0 Å². The van der Waals surface area contributed by atoms with E-state index in [1.807, 2.05) is 30.7 Å². The molecular weight excluding hydrogens is 274 g/mol. The van der Waals surface area contributed by atoms with E-state index in [0.717, 1.165) is 36.4 Å². The molecule has 1 aromatic carbocycles. The minimum absolute atomic E-state index is 0.674. The molecule has 5 nitrogen and oxygen atoms in total. The lowest BCUT2D eigenvalue weighted by Crippen LogP contribution is -2.07. The maximum absolute atomic E-state index is 5.92. The first-order chi connectivity index (χ1) is 9.81. The number of anilines is 1. The average Bonchev–Trinajstić information content (AvgIpc) is 2.97. The Kier molecular flexibility index (Phi) is 3.78. The Bertz CT molecular complexity index is 696. The summed E-state index contributed by atoms with van der Waals surface area (Å²) in [5, 5.41) is 3.95. The zero-order chi connectivity index (χ0) is 13.8. The minimum Gasteiger partial charge on any atom is -0.369 e. The first-order valence-corrected chi connectivity index (χ1v) is 6.81. The Morgan fingerprint density at radius 2 is 2.20 bits per heavy atom. The number of nitrogens with one attached hydrogen (secondary N) is 1. The number of aromatic nitrogens is 4. The molecule has 2 heterocycles. The summed E-state index contributed by atoms with van der Waals surface area (Å²) >= 11 is 5.92. The van der Waals surface area contributed by atoms with Crippen LogP contribution in [0.15, 0.2) is 43.1 Å². The summed E-state index contributed by atoms with van der Waals surface area (Å²) in [5.41, 5.74) is 1.65. The van der Waals surface area contributed by atoms with E-state index in [9.17, 15) is 0 Å². The molecule has 3 aromatic rings. The van der Waals surface area contributed by atoms with Gasteiger partial charge < -0.3 is 9.88 Å². The molecule has 0 radical (unpaired) electrons. The second kappa shape index (κ2) is 5.88. The zero-order valence-corrected chi connectivity index (χ0v) is 11.6. The predicted molar refractivity (Wildman–Crippen MR) is 79.9 cm³/mol. The molecule has 3 rings (SSSR count). The van der Waals surface area contributed by atoms with Crippen LogP contribution in [0.1, 0.15) is 6.42 Å². The zero-order valence-electron chi connectivity index (χ0n) is 10.8. The van der Waals surface area contributed by atoms with Gasteiger partial charge in [0, 0.05) is 30.5 Å². The molecule has 0 atom stereocenters. The van der Waals surface area contributed by atoms with E-state index in [1.54, 1.807) is 12.4 Å². The predicted octanol–water partition coefficient (Wildman–Crippen LogP) is 2.98. The van der Waals surface area contributed by atoms with Crippen molar-refractivity contribution in [1.82, 2.24) is 19.5 Å². The number of hydrogen-bond acceptors (Lipinski definition) is 4. The summed E-state index contributed by atoms with van der Waals surface area (Å²) in [6.07, 6.45) is 8.29. The SMILES string of the molecule is Clc1ccc2nc(NCCCn3ccnc3)cnc2c1. The molecular formula is C14H14ClN5. The van der Waals surface area contributed by atoms with Gasteiger partial charge in [-0.15, -0.1) is 0 Å². The highest BCUT2D eigenvalue weighted by Crippen LogP contribution is 2.17. The third-order valence-electron chi connectivity index (χ3n) is 2.96. The van der Waals surface area contributed by atoms with E-state index in [1.165, 1.54) is 0 Å². The molecule has 0 saturated carbocycles. The maximum Gasteiger partial charge on any atom is 0.145 e. The Balaban J connectivity index is 1.58. The highest BCUT2D eigenvalue weighted by Gasteiger charge is 2.00. The highest BCUT2D eigenvalue weighted by molar-refractivity contribution is 6.31. The lowest BCUT2D eigenvalue weighted by atomic mass is 10.3. The number of aryl methyl sites for hydroxylation is 1. The van der Waals surface area contributed by atoms with Crippen molar-refractivity contribution in [3.63, 3.8) is 0 Å². The monoisotopic (exact) mass is 287 g/mol. The standard InChI is InChI=1S/C14H14ClN5/c15-11-2-3-12-13(8-11)18-9-14(19-12)17-4-1-6-20-7-5-16-10-20/h2-3,5,7-10H,1,4,6H2,(H,17,19). The second-order valence-electron chi connectivity index (χ2n) is 4.47. The van der Waals surface area contributed by atoms with Crippen LogP contribution in [-0.4, -0.2) is 26.1 Å². The largest absolute Gasteiger partial charge is 0.369 e. The topological polar surface area (TPSA) is 55.6 Å². The molecule has 0 saturated heterocycles. The van der Waals surface area contributed by atoms with Gasteiger partial charge in [0.25, 0.3) is 0 Å². The summed E-state index contributed by atoms with van der Waals surface area (Å²) in [6.45, 7) is 1.77. The van der Waals surface area contributed by atoms with E-state index in [0.29, 0.717) is 5.02 Å². The molecule has 1 N–H and O–H groups in total. The molecule has 20 heavy (non-hydrogen) atoms. The molecule has 0 aliphatic rings. The minimum atomic E-state index is 0.674. The van der Waals surface area contributed by atoms with Gasteiger partial charge in [0.2, 0.25) is 0 Å². The summed E-state index contributed by atoms with van der Waals surface area (Å²) < 4.78 is 2.05. The second-order valence-corrected chi connectivity index (χ2v) is 4.91. The summed E-state index contributed by atoms with van der Waals surface area (Å²) in [4.78, 5) is 12.9. The third kappa shape index (κ3) is 3.05. The fourth-order valence-corrected chi connectivity index (χ4v) is 2.13. The Hall–Kier alpha value is -2.14. The maximum atomic E-state index is 5.92. The van der Waals surface area contributed by atoms with Crippen molar-refractivity contribution in [1.29, 1.82) is 0 Å². The lowest BCUT2D eigenvalue weighted by molar-refractivity contribution is 0.660. The van der Waals surface area contributed by atoms with E-state index in [-0.39, 0.29) is 0 Å². The molecule has 2 aromatic heterocycles. The molecule has 0 spiro atoms. The Morgan fingerprint density at radius 1 is 1.25 bits per heavy atom. The van der Waals surface area contributed by atoms with Crippen molar-refractivity contribution < 1.29 is 0 Å². The number of nitrogens with zero attached hydrogens (tertiary/aromatic N) is 4. The van der Waals surface area contributed by atoms with Gasteiger partial charge in [-0.1, -0.05) is 11.6 Å². The molecule has 0 aliphatic heterocycles. The summed E-state index contributed by atoms with van der Waals surface area (Å²) in [7, 11) is 0. The van der Waals surface area contributed by atoms with Crippen molar-refractivity contribution in [3.05, 3.63) is 48.1 Å². The van der Waals surface area contributed by atoms with E-state index < -0.39 is 0 Å². The number of fused-ring (bicyclic) bond motifs is 1. The normalized spacial score (nSPS) is 10.8. The van der Waals surface area contributed by atoms with E-state index in [2.05, 4.69) is 24.8 Å². The van der Waals surface area contributed by atoms with Crippen LogP contribution in [0.5, 0.6) is 0 Å². The van der Waals surface area contributed by atoms with Crippen molar-refractivity contribution >= 4 is 28.5 Å².